The zero-order valence-corrected chi connectivity index (χ0v) is 23.4. The van der Waals surface area contributed by atoms with Crippen molar-refractivity contribution in [3.05, 3.63) is 0 Å². The Bertz CT molecular complexity index is 274. The summed E-state index contributed by atoms with van der Waals surface area (Å²) >= 11 is 17.9. The first-order valence-corrected chi connectivity index (χ1v) is 17.9. The number of hydrogen-bond donors (Lipinski definition) is 7. The number of thiol groups is 2. The van der Waals surface area contributed by atoms with Crippen LogP contribution < -0.4 is 26.6 Å². The molecule has 0 aromatic rings. The van der Waals surface area contributed by atoms with Crippen molar-refractivity contribution in [2.45, 2.75) is 9.88 Å². The molecule has 0 aromatic heterocycles. The molecule has 5 N–H and O–H groups in total. The molecule has 0 radical (unpaired) electrons. The van der Waals surface area contributed by atoms with Gasteiger partial charge in [0.15, 0.2) is 0 Å². The van der Waals surface area contributed by atoms with E-state index in [1.807, 2.05) is 0 Å². The van der Waals surface area contributed by atoms with Gasteiger partial charge in [0.1, 0.15) is 8.64 Å². The Morgan fingerprint density at radius 3 is 1.16 bits per heavy atom. The van der Waals surface area contributed by atoms with Crippen molar-refractivity contribution in [1.29, 1.82) is 0 Å². The van der Waals surface area contributed by atoms with Gasteiger partial charge in [0, 0.05) is 52.4 Å². The first-order valence-electron chi connectivity index (χ1n) is 7.45. The summed E-state index contributed by atoms with van der Waals surface area (Å²) in [6.45, 7) is 7.17. The minimum absolute atomic E-state index is 0.194. The van der Waals surface area contributed by atoms with Gasteiger partial charge in [0.2, 0.25) is 0 Å². The van der Waals surface area contributed by atoms with Crippen LogP contribution in [0.25, 0.3) is 0 Å². The molecule has 0 amide bonds. The van der Waals surface area contributed by atoms with Crippen molar-refractivity contribution in [2.24, 2.45) is 0 Å². The monoisotopic (exact) mass is 617 g/mol. The summed E-state index contributed by atoms with van der Waals surface area (Å²) in [6, 6.07) is 0. The molecular weight excluding hydrogens is 588 g/mol. The predicted molar refractivity (Wildman–Crippen MR) is 127 cm³/mol. The van der Waals surface area contributed by atoms with Crippen LogP contribution in [0.2, 0.25) is 9.88 Å². The Hall–Kier alpha value is 2.26. The summed E-state index contributed by atoms with van der Waals surface area (Å²) in [5, 5.41) is 15.9. The van der Waals surface area contributed by atoms with Gasteiger partial charge in [-0.1, -0.05) is 24.4 Å². The van der Waals surface area contributed by atoms with E-state index in [-0.39, 0.29) is 34.3 Å². The van der Waals surface area contributed by atoms with Crippen molar-refractivity contribution in [3.63, 3.8) is 0 Å². The molecule has 0 heterocycles. The van der Waals surface area contributed by atoms with Crippen molar-refractivity contribution in [1.82, 2.24) is 26.6 Å². The molecule has 0 aliphatic carbocycles. The number of hydrogen-bond acceptors (Lipinski definition) is 5. The molecule has 13 heteroatoms. The van der Waals surface area contributed by atoms with Crippen LogP contribution in [0.4, 0.5) is 0 Å². The third-order valence-corrected chi connectivity index (χ3v) is 2.72. The quantitative estimate of drug-likeness (QED) is 0.0778. The van der Waals surface area contributed by atoms with Gasteiger partial charge in [-0.05, 0) is 0 Å². The van der Waals surface area contributed by atoms with E-state index in [0.717, 1.165) is 52.4 Å². The van der Waals surface area contributed by atoms with Crippen LogP contribution in [0.3, 0.4) is 0 Å². The molecule has 0 bridgehead atoms. The van der Waals surface area contributed by atoms with E-state index >= 15 is 0 Å². The number of thiocarbonyl (C=S) groups is 2. The van der Waals surface area contributed by atoms with E-state index in [2.05, 4.69) is 61.7 Å². The van der Waals surface area contributed by atoms with Crippen molar-refractivity contribution in [2.75, 3.05) is 52.4 Å². The van der Waals surface area contributed by atoms with Crippen molar-refractivity contribution >= 4 is 99.7 Å². The molecule has 0 fully saturated rings. The molecular formula is C12H29Cl2FeN5S4Sn+2. The van der Waals surface area contributed by atoms with E-state index in [9.17, 15) is 0 Å². The van der Waals surface area contributed by atoms with Crippen LogP contribution in [-0.2, 0) is 13.1 Å². The number of nitrogens with one attached hydrogen (secondary N) is 5. The molecule has 0 aromatic carbocycles. The molecule has 150 valence electrons. The molecule has 5 nitrogen and oxygen atoms in total. The Morgan fingerprint density at radius 1 is 0.760 bits per heavy atom. The maximum absolute atomic E-state index is 4.78. The average molecular weight is 617 g/mol. The second-order valence-electron chi connectivity index (χ2n) is 4.26. The second kappa shape index (κ2) is 31.0. The summed E-state index contributed by atoms with van der Waals surface area (Å²) in [7, 11) is 9.53. The van der Waals surface area contributed by atoms with E-state index in [0.29, 0.717) is 8.64 Å². The molecule has 0 aliphatic rings. The van der Waals surface area contributed by atoms with E-state index in [4.69, 9.17) is 44.6 Å². The Morgan fingerprint density at radius 2 is 0.960 bits per heavy atom. The summed E-state index contributed by atoms with van der Waals surface area (Å²) in [5.41, 5.74) is 0. The first kappa shape index (κ1) is 31.9. The van der Waals surface area contributed by atoms with Gasteiger partial charge in [-0.2, -0.15) is 0 Å². The molecule has 0 saturated heterocycles. The van der Waals surface area contributed by atoms with E-state index in [1.165, 1.54) is 0 Å². The van der Waals surface area contributed by atoms with Gasteiger partial charge < -0.3 is 26.6 Å². The third-order valence-electron chi connectivity index (χ3n) is 2.11. The summed E-state index contributed by atoms with van der Waals surface area (Å²) < 4.78 is 1.08. The van der Waals surface area contributed by atoms with Crippen molar-refractivity contribution in [3.8, 4) is 0 Å². The van der Waals surface area contributed by atoms with Crippen LogP contribution in [0, 0.1) is 0 Å². The molecule has 0 atom stereocenters. The van der Waals surface area contributed by atoms with Crippen LogP contribution in [0.15, 0.2) is 0 Å². The van der Waals surface area contributed by atoms with Crippen LogP contribution in [0.1, 0.15) is 0 Å². The third kappa shape index (κ3) is 46.4. The van der Waals surface area contributed by atoms with Gasteiger partial charge in [-0.25, -0.2) is 0 Å². The molecule has 0 aliphatic heterocycles. The first-order chi connectivity index (χ1) is 12.0. The van der Waals surface area contributed by atoms with Gasteiger partial charge >= 0.3 is 64.4 Å². The molecule has 0 unspecified atom stereocenters. The van der Waals surface area contributed by atoms with Crippen molar-refractivity contribution < 1.29 is 13.1 Å². The summed E-state index contributed by atoms with van der Waals surface area (Å²) in [6.07, 6.45) is 0. The SMILES string of the molecule is S=C(S)NCCNCCNCCNCCNC(=S)S.[CH3][Sn+2][CH3].[Cl][Fe][Cl]. The summed E-state index contributed by atoms with van der Waals surface area (Å²) in [5.74, 6) is 0. The molecule has 25 heavy (non-hydrogen) atoms. The average Bonchev–Trinajstić information content (AvgIpc) is 2.53. The van der Waals surface area contributed by atoms with Gasteiger partial charge in [0.05, 0.1) is 0 Å². The number of rotatable bonds is 12. The Kier molecular flexibility index (Phi) is 39.6. The molecule has 0 saturated carbocycles. The molecule has 0 rings (SSSR count). The predicted octanol–water partition coefficient (Wildman–Crippen LogP) is 1.53. The Labute approximate surface area is 199 Å². The maximum atomic E-state index is 4.78. The van der Waals surface area contributed by atoms with Gasteiger partial charge in [-0.15, -0.1) is 25.3 Å². The zero-order valence-electron chi connectivity index (χ0n) is 14.5. The normalized spacial score (nSPS) is 9.04. The van der Waals surface area contributed by atoms with Crippen LogP contribution in [-0.4, -0.2) is 82.1 Å². The van der Waals surface area contributed by atoms with Gasteiger partial charge in [0.25, 0.3) is 0 Å². The summed E-state index contributed by atoms with van der Waals surface area (Å²) in [4.78, 5) is 4.59. The standard InChI is InChI=1S/C10H23N5S4.2CH3.2ClH.Fe.Sn/c16-9(17)14-7-5-12-3-1-11-2-4-13-6-8-15-10(18)19;;;;;;/h11-13H,1-8H2,(H2,14,16,17)(H2,15,18,19);2*1H3;2*1H;;/q;;;;;2*+2/p-2. The fraction of sp³-hybridized carbons (Fsp3) is 0.833. The molecule has 0 spiro atoms. The van der Waals surface area contributed by atoms with Gasteiger partial charge in [-0.3, -0.25) is 0 Å². The fourth-order valence-electron chi connectivity index (χ4n) is 1.24. The minimum atomic E-state index is 0.194. The second-order valence-corrected chi connectivity index (χ2v) is 11.3. The van der Waals surface area contributed by atoms with Crippen LogP contribution >= 0.6 is 69.9 Å². The fourth-order valence-corrected chi connectivity index (χ4v) is 1.67. The Balaban J connectivity index is -0.000000700. The number of halogens is 2. The zero-order chi connectivity index (χ0) is 19.8. The van der Waals surface area contributed by atoms with E-state index in [1.54, 1.807) is 0 Å². The van der Waals surface area contributed by atoms with E-state index < -0.39 is 0 Å². The topological polar surface area (TPSA) is 60.1 Å². The van der Waals surface area contributed by atoms with Crippen LogP contribution in [0.5, 0.6) is 0 Å².